The second-order valence-corrected chi connectivity index (χ2v) is 7.93. The molecule has 1 heterocycles. The highest BCUT2D eigenvalue weighted by Crippen LogP contribution is 2.44. The number of alkyl carbamates (subject to hydrolysis) is 1. The quantitative estimate of drug-likeness (QED) is 0.676. The molecule has 1 saturated heterocycles. The summed E-state index contributed by atoms with van der Waals surface area (Å²) in [7, 11) is 0. The number of aliphatic hydroxyl groups is 1. The fourth-order valence-electron chi connectivity index (χ4n) is 4.42. The van der Waals surface area contributed by atoms with Crippen LogP contribution in [-0.4, -0.2) is 64.4 Å². The number of aliphatic carboxylic acids is 1. The summed E-state index contributed by atoms with van der Waals surface area (Å²) in [5.74, 6) is -1.86. The van der Waals surface area contributed by atoms with Gasteiger partial charge in [0.1, 0.15) is 18.7 Å². The van der Waals surface area contributed by atoms with E-state index in [1.165, 1.54) is 6.92 Å². The molecule has 0 aromatic heterocycles. The number of aliphatic hydroxyl groups excluding tert-OH is 1. The first-order valence-corrected chi connectivity index (χ1v) is 10.2. The summed E-state index contributed by atoms with van der Waals surface area (Å²) in [6.07, 6.45) is -1.68. The largest absolute Gasteiger partial charge is 0.480 e. The maximum atomic E-state index is 12.6. The molecular formula is C23H24N2O6. The molecular weight excluding hydrogens is 400 g/mol. The highest BCUT2D eigenvalue weighted by molar-refractivity contribution is 5.89. The summed E-state index contributed by atoms with van der Waals surface area (Å²) in [5.41, 5.74) is 4.39. The molecule has 8 nitrogen and oxygen atoms in total. The van der Waals surface area contributed by atoms with Crippen molar-refractivity contribution in [2.45, 2.75) is 37.5 Å². The SMILES string of the molecule is C[C@@H](NC(=O)OCC1c2ccccc2-c2ccccc21)C(=O)N1C[C@H](O)C[C@@H]1C(=O)O. The van der Waals surface area contributed by atoms with Gasteiger partial charge in [0.25, 0.3) is 0 Å². The molecule has 0 radical (unpaired) electrons. The molecule has 2 aromatic carbocycles. The molecule has 4 rings (SSSR count). The maximum Gasteiger partial charge on any atom is 0.407 e. The Morgan fingerprint density at radius 3 is 2.26 bits per heavy atom. The van der Waals surface area contributed by atoms with Crippen molar-refractivity contribution in [3.63, 3.8) is 0 Å². The summed E-state index contributed by atoms with van der Waals surface area (Å²) in [4.78, 5) is 37.4. The lowest BCUT2D eigenvalue weighted by Crippen LogP contribution is -2.50. The smallest absolute Gasteiger partial charge is 0.407 e. The predicted octanol–water partition coefficient (Wildman–Crippen LogP) is 1.96. The molecule has 2 amide bonds. The third-order valence-electron chi connectivity index (χ3n) is 5.90. The molecule has 1 aliphatic heterocycles. The van der Waals surface area contributed by atoms with Gasteiger partial charge in [0.2, 0.25) is 5.91 Å². The van der Waals surface area contributed by atoms with Crippen molar-refractivity contribution in [1.82, 2.24) is 10.2 Å². The number of rotatable bonds is 5. The van der Waals surface area contributed by atoms with Crippen molar-refractivity contribution in [3.05, 3.63) is 59.7 Å². The molecule has 2 aliphatic rings. The number of fused-ring (bicyclic) bond motifs is 3. The van der Waals surface area contributed by atoms with Crippen LogP contribution >= 0.6 is 0 Å². The van der Waals surface area contributed by atoms with Gasteiger partial charge >= 0.3 is 12.1 Å². The van der Waals surface area contributed by atoms with Crippen LogP contribution in [0.1, 0.15) is 30.4 Å². The van der Waals surface area contributed by atoms with Gasteiger partial charge in [0, 0.05) is 18.9 Å². The first kappa shape index (κ1) is 20.9. The number of nitrogens with one attached hydrogen (secondary N) is 1. The van der Waals surface area contributed by atoms with Crippen LogP contribution in [0.25, 0.3) is 11.1 Å². The van der Waals surface area contributed by atoms with E-state index in [0.29, 0.717) is 0 Å². The second-order valence-electron chi connectivity index (χ2n) is 7.93. The molecule has 162 valence electrons. The first-order valence-electron chi connectivity index (χ1n) is 10.2. The lowest BCUT2D eigenvalue weighted by atomic mass is 9.98. The number of carboxylic acid groups (broad SMARTS) is 1. The zero-order valence-corrected chi connectivity index (χ0v) is 17.0. The van der Waals surface area contributed by atoms with Crippen LogP contribution in [0.15, 0.2) is 48.5 Å². The fourth-order valence-corrected chi connectivity index (χ4v) is 4.42. The number of carboxylic acids is 1. The van der Waals surface area contributed by atoms with Gasteiger partial charge in [-0.15, -0.1) is 0 Å². The first-order chi connectivity index (χ1) is 14.9. The molecule has 0 saturated carbocycles. The van der Waals surface area contributed by atoms with Crippen LogP contribution < -0.4 is 5.32 Å². The summed E-state index contributed by atoms with van der Waals surface area (Å²) >= 11 is 0. The number of ether oxygens (including phenoxy) is 1. The summed E-state index contributed by atoms with van der Waals surface area (Å²) < 4.78 is 5.43. The van der Waals surface area contributed by atoms with Gasteiger partial charge in [-0.25, -0.2) is 9.59 Å². The van der Waals surface area contributed by atoms with E-state index in [1.54, 1.807) is 0 Å². The van der Waals surface area contributed by atoms with E-state index in [4.69, 9.17) is 4.74 Å². The minimum atomic E-state index is -1.18. The Morgan fingerprint density at radius 1 is 1.10 bits per heavy atom. The van der Waals surface area contributed by atoms with Gasteiger partial charge in [0.15, 0.2) is 0 Å². The fraction of sp³-hybridized carbons (Fsp3) is 0.348. The number of carbonyl (C=O) groups excluding carboxylic acids is 2. The molecule has 1 aliphatic carbocycles. The Bertz CT molecular complexity index is 977. The summed E-state index contributed by atoms with van der Waals surface area (Å²) in [6.45, 7) is 1.50. The number of carbonyl (C=O) groups is 3. The topological polar surface area (TPSA) is 116 Å². The molecule has 0 unspecified atom stereocenters. The molecule has 0 spiro atoms. The van der Waals surface area contributed by atoms with Crippen molar-refractivity contribution in [2.75, 3.05) is 13.2 Å². The van der Waals surface area contributed by atoms with E-state index in [9.17, 15) is 24.6 Å². The van der Waals surface area contributed by atoms with E-state index in [2.05, 4.69) is 5.32 Å². The molecule has 1 fully saturated rings. The van der Waals surface area contributed by atoms with Crippen LogP contribution in [0.5, 0.6) is 0 Å². The van der Waals surface area contributed by atoms with Gasteiger partial charge in [-0.2, -0.15) is 0 Å². The standard InChI is InChI=1S/C23H24N2O6/c1-13(21(27)25-11-14(26)10-20(25)22(28)29)24-23(30)31-12-19-17-8-4-2-6-15(17)16-7-3-5-9-18(16)19/h2-9,13-14,19-20,26H,10-12H2,1H3,(H,24,30)(H,28,29)/t13-,14-,20-/m1/s1. The average molecular weight is 424 g/mol. The molecule has 8 heteroatoms. The zero-order valence-electron chi connectivity index (χ0n) is 17.0. The lowest BCUT2D eigenvalue weighted by molar-refractivity contribution is -0.148. The Kier molecular flexibility index (Phi) is 5.65. The van der Waals surface area contributed by atoms with Gasteiger partial charge in [-0.3, -0.25) is 4.79 Å². The monoisotopic (exact) mass is 424 g/mol. The highest BCUT2D eigenvalue weighted by atomic mass is 16.5. The van der Waals surface area contributed by atoms with E-state index < -0.39 is 36.2 Å². The van der Waals surface area contributed by atoms with Crippen LogP contribution in [-0.2, 0) is 14.3 Å². The number of hydrogen-bond donors (Lipinski definition) is 3. The number of benzene rings is 2. The molecule has 0 bridgehead atoms. The number of likely N-dealkylation sites (tertiary alicyclic amines) is 1. The molecule has 3 N–H and O–H groups in total. The third kappa shape index (κ3) is 3.98. The van der Waals surface area contributed by atoms with Gasteiger partial charge in [0.05, 0.1) is 6.10 Å². The Labute approximate surface area is 179 Å². The zero-order chi connectivity index (χ0) is 22.1. The van der Waals surface area contributed by atoms with Gasteiger partial charge in [-0.1, -0.05) is 48.5 Å². The number of nitrogens with zero attached hydrogens (tertiary/aromatic N) is 1. The average Bonchev–Trinajstić information content (AvgIpc) is 3.30. The highest BCUT2D eigenvalue weighted by Gasteiger charge is 2.40. The van der Waals surface area contributed by atoms with Gasteiger partial charge < -0.3 is 25.2 Å². The Hall–Kier alpha value is -3.39. The number of amides is 2. The third-order valence-corrected chi connectivity index (χ3v) is 5.90. The van der Waals surface area contributed by atoms with Crippen molar-refractivity contribution < 1.29 is 29.3 Å². The van der Waals surface area contributed by atoms with Crippen LogP contribution in [0, 0.1) is 0 Å². The Morgan fingerprint density at radius 2 is 1.68 bits per heavy atom. The molecule has 3 atom stereocenters. The second kappa shape index (κ2) is 8.39. The molecule has 2 aromatic rings. The van der Waals surface area contributed by atoms with Crippen molar-refractivity contribution in [3.8, 4) is 11.1 Å². The Balaban J connectivity index is 1.39. The molecule has 31 heavy (non-hydrogen) atoms. The van der Waals surface area contributed by atoms with Crippen LogP contribution in [0.2, 0.25) is 0 Å². The minimum Gasteiger partial charge on any atom is -0.480 e. The minimum absolute atomic E-state index is 0.0290. The van der Waals surface area contributed by atoms with Gasteiger partial charge in [-0.05, 0) is 29.2 Å². The van der Waals surface area contributed by atoms with Crippen molar-refractivity contribution in [2.24, 2.45) is 0 Å². The number of hydrogen-bond acceptors (Lipinski definition) is 5. The van der Waals surface area contributed by atoms with Crippen LogP contribution in [0.3, 0.4) is 0 Å². The summed E-state index contributed by atoms with van der Waals surface area (Å²) in [6, 6.07) is 13.9. The van der Waals surface area contributed by atoms with Crippen LogP contribution in [0.4, 0.5) is 4.79 Å². The maximum absolute atomic E-state index is 12.6. The summed E-state index contributed by atoms with van der Waals surface area (Å²) in [5, 5.41) is 21.5. The lowest BCUT2D eigenvalue weighted by Gasteiger charge is -2.25. The normalized spacial score (nSPS) is 20.6. The van der Waals surface area contributed by atoms with E-state index >= 15 is 0 Å². The van der Waals surface area contributed by atoms with Crippen molar-refractivity contribution in [1.29, 1.82) is 0 Å². The van der Waals surface area contributed by atoms with Crippen molar-refractivity contribution >= 4 is 18.0 Å². The van der Waals surface area contributed by atoms with E-state index in [0.717, 1.165) is 27.2 Å². The number of β-amino-alcohol motifs (C(OH)–C–C–N with tert-alkyl or cyclic N) is 1. The van der Waals surface area contributed by atoms with E-state index in [1.807, 2.05) is 48.5 Å². The van der Waals surface area contributed by atoms with E-state index in [-0.39, 0.29) is 25.5 Å². The predicted molar refractivity (Wildman–Crippen MR) is 111 cm³/mol.